The number of aromatic nitrogens is 3. The molecule has 1 amide bonds. The topological polar surface area (TPSA) is 51.0 Å². The number of hydrogen-bond donors (Lipinski definition) is 0. The van der Waals surface area contributed by atoms with Crippen LogP contribution in [0.4, 0.5) is 0 Å². The number of nitrogens with zero attached hydrogens (tertiary/aromatic N) is 4. The highest BCUT2D eigenvalue weighted by atomic mass is 32.1. The Balaban J connectivity index is 1.84. The summed E-state index contributed by atoms with van der Waals surface area (Å²) in [6.07, 6.45) is 7.67. The Morgan fingerprint density at radius 2 is 2.30 bits per heavy atom. The van der Waals surface area contributed by atoms with E-state index < -0.39 is 0 Å². The maximum Gasteiger partial charge on any atom is 0.274 e. The molecule has 6 heteroatoms. The Bertz CT molecular complexity index is 703. The van der Waals surface area contributed by atoms with Crippen LogP contribution in [0, 0.1) is 0 Å². The van der Waals surface area contributed by atoms with E-state index in [-0.39, 0.29) is 11.9 Å². The molecule has 1 atom stereocenters. The molecular formula is C17H24N4OS. The molecule has 0 saturated carbocycles. The number of fused-ring (bicyclic) bond motifs is 1. The Kier molecular flexibility index (Phi) is 4.53. The van der Waals surface area contributed by atoms with Crippen molar-refractivity contribution >= 4 is 17.2 Å². The van der Waals surface area contributed by atoms with E-state index in [1.165, 1.54) is 15.6 Å². The van der Waals surface area contributed by atoms with E-state index in [2.05, 4.69) is 25.8 Å². The predicted octanol–water partition coefficient (Wildman–Crippen LogP) is 3.63. The second kappa shape index (κ2) is 6.43. The van der Waals surface area contributed by atoms with Crippen LogP contribution in [-0.4, -0.2) is 32.4 Å². The van der Waals surface area contributed by atoms with Gasteiger partial charge in [-0.25, -0.2) is 9.97 Å². The van der Waals surface area contributed by atoms with E-state index >= 15 is 0 Å². The van der Waals surface area contributed by atoms with E-state index in [9.17, 15) is 4.79 Å². The Hall–Kier alpha value is -1.69. The first kappa shape index (κ1) is 16.2. The molecule has 0 saturated heterocycles. The van der Waals surface area contributed by atoms with Gasteiger partial charge in [-0.2, -0.15) is 0 Å². The van der Waals surface area contributed by atoms with Crippen molar-refractivity contribution in [2.45, 2.75) is 58.5 Å². The number of rotatable bonds is 4. The molecule has 5 nitrogen and oxygen atoms in total. The van der Waals surface area contributed by atoms with Gasteiger partial charge in [-0.3, -0.25) is 4.79 Å². The molecule has 3 rings (SSSR count). The molecule has 0 bridgehead atoms. The van der Waals surface area contributed by atoms with Crippen LogP contribution in [0.1, 0.15) is 71.8 Å². The fourth-order valence-electron chi connectivity index (χ4n) is 3.02. The van der Waals surface area contributed by atoms with Crippen LogP contribution in [0.5, 0.6) is 0 Å². The van der Waals surface area contributed by atoms with Crippen molar-refractivity contribution in [3.63, 3.8) is 0 Å². The van der Waals surface area contributed by atoms with Gasteiger partial charge in [0, 0.05) is 19.3 Å². The monoisotopic (exact) mass is 332 g/mol. The number of aryl methyl sites for hydroxylation is 2. The van der Waals surface area contributed by atoms with Crippen molar-refractivity contribution in [3.05, 3.63) is 33.8 Å². The van der Waals surface area contributed by atoms with E-state index in [1.54, 1.807) is 17.7 Å². The summed E-state index contributed by atoms with van der Waals surface area (Å²) in [5.41, 5.74) is 1.71. The lowest BCUT2D eigenvalue weighted by Gasteiger charge is -2.30. The molecule has 0 fully saturated rings. The lowest BCUT2D eigenvalue weighted by Crippen LogP contribution is -2.33. The Morgan fingerprint density at radius 1 is 1.52 bits per heavy atom. The van der Waals surface area contributed by atoms with Gasteiger partial charge in [-0.15, -0.1) is 11.3 Å². The highest BCUT2D eigenvalue weighted by Crippen LogP contribution is 2.38. The van der Waals surface area contributed by atoms with Crippen molar-refractivity contribution in [3.8, 4) is 0 Å². The average molecular weight is 332 g/mol. The number of carbonyl (C=O) groups excluding carboxylic acids is 1. The third kappa shape index (κ3) is 3.04. The zero-order chi connectivity index (χ0) is 16.6. The van der Waals surface area contributed by atoms with Gasteiger partial charge in [0.1, 0.15) is 5.69 Å². The van der Waals surface area contributed by atoms with Crippen LogP contribution in [0.2, 0.25) is 0 Å². The van der Waals surface area contributed by atoms with Crippen LogP contribution in [-0.2, 0) is 12.8 Å². The molecule has 0 unspecified atom stereocenters. The van der Waals surface area contributed by atoms with Gasteiger partial charge in [0.05, 0.1) is 27.9 Å². The smallest absolute Gasteiger partial charge is 0.274 e. The third-order valence-corrected chi connectivity index (χ3v) is 5.82. The fourth-order valence-corrected chi connectivity index (χ4v) is 4.25. The van der Waals surface area contributed by atoms with Crippen LogP contribution in [0.3, 0.4) is 0 Å². The fraction of sp³-hybridized carbons (Fsp3) is 0.588. The van der Waals surface area contributed by atoms with Crippen molar-refractivity contribution in [1.29, 1.82) is 0 Å². The van der Waals surface area contributed by atoms with Gasteiger partial charge in [-0.05, 0) is 39.5 Å². The summed E-state index contributed by atoms with van der Waals surface area (Å²) in [6, 6.07) is 0.442. The van der Waals surface area contributed by atoms with Gasteiger partial charge in [0.25, 0.3) is 5.91 Å². The minimum atomic E-state index is -0.00583. The van der Waals surface area contributed by atoms with Gasteiger partial charge in [0.15, 0.2) is 0 Å². The quantitative estimate of drug-likeness (QED) is 0.859. The number of amides is 1. The molecule has 1 aliphatic carbocycles. The molecular weight excluding hydrogens is 308 g/mol. The maximum absolute atomic E-state index is 12.8. The summed E-state index contributed by atoms with van der Waals surface area (Å²) in [5.74, 6) is -0.00583. The minimum Gasteiger partial charge on any atom is -0.334 e. The van der Waals surface area contributed by atoms with E-state index in [1.807, 2.05) is 22.7 Å². The standard InChI is InChI=1S/C17H24N4OS/c1-5-15-19-12-7-6-8-14(16(12)23-15)20(4)17(22)13-9-21(10-18-13)11(2)3/h9-11,14H,5-8H2,1-4H3/t14-/m1/s1. The zero-order valence-electron chi connectivity index (χ0n) is 14.2. The Labute approximate surface area is 141 Å². The van der Waals surface area contributed by atoms with Crippen LogP contribution in [0.15, 0.2) is 12.5 Å². The third-order valence-electron chi connectivity index (χ3n) is 4.47. The molecule has 0 aliphatic heterocycles. The number of thiazole rings is 1. The molecule has 0 N–H and O–H groups in total. The highest BCUT2D eigenvalue weighted by Gasteiger charge is 2.31. The normalized spacial score (nSPS) is 17.3. The van der Waals surface area contributed by atoms with E-state index in [4.69, 9.17) is 4.98 Å². The first-order valence-electron chi connectivity index (χ1n) is 8.30. The SMILES string of the molecule is CCc1nc2c(s1)[C@H](N(C)C(=O)c1cn(C(C)C)cn1)CCC2. The van der Waals surface area contributed by atoms with Crippen LogP contribution in [0.25, 0.3) is 0 Å². The van der Waals surface area contributed by atoms with E-state index in [0.29, 0.717) is 11.7 Å². The zero-order valence-corrected chi connectivity index (χ0v) is 15.1. The van der Waals surface area contributed by atoms with Crippen molar-refractivity contribution in [2.24, 2.45) is 0 Å². The second-order valence-corrected chi connectivity index (χ2v) is 7.51. The number of carbonyl (C=O) groups is 1. The van der Waals surface area contributed by atoms with E-state index in [0.717, 1.165) is 25.7 Å². The number of imidazole rings is 1. The minimum absolute atomic E-state index is 0.00583. The molecule has 0 aromatic carbocycles. The summed E-state index contributed by atoms with van der Waals surface area (Å²) in [4.78, 5) is 24.9. The highest BCUT2D eigenvalue weighted by molar-refractivity contribution is 7.11. The van der Waals surface area contributed by atoms with Gasteiger partial charge in [0.2, 0.25) is 0 Å². The molecule has 23 heavy (non-hydrogen) atoms. The lowest BCUT2D eigenvalue weighted by molar-refractivity contribution is 0.0712. The largest absolute Gasteiger partial charge is 0.334 e. The van der Waals surface area contributed by atoms with Crippen molar-refractivity contribution in [1.82, 2.24) is 19.4 Å². The van der Waals surface area contributed by atoms with Gasteiger partial charge >= 0.3 is 0 Å². The summed E-state index contributed by atoms with van der Waals surface area (Å²) in [6.45, 7) is 6.29. The summed E-state index contributed by atoms with van der Waals surface area (Å²) < 4.78 is 1.97. The van der Waals surface area contributed by atoms with Gasteiger partial charge in [-0.1, -0.05) is 6.92 Å². The van der Waals surface area contributed by atoms with Gasteiger partial charge < -0.3 is 9.47 Å². The molecule has 124 valence electrons. The lowest BCUT2D eigenvalue weighted by atomic mass is 9.97. The summed E-state index contributed by atoms with van der Waals surface area (Å²) in [5, 5.41) is 1.17. The first-order valence-corrected chi connectivity index (χ1v) is 9.12. The molecule has 2 heterocycles. The Morgan fingerprint density at radius 3 is 2.96 bits per heavy atom. The number of hydrogen-bond acceptors (Lipinski definition) is 4. The predicted molar refractivity (Wildman–Crippen MR) is 91.9 cm³/mol. The molecule has 0 radical (unpaired) electrons. The summed E-state index contributed by atoms with van der Waals surface area (Å²) >= 11 is 1.76. The maximum atomic E-state index is 12.8. The van der Waals surface area contributed by atoms with Crippen LogP contribution < -0.4 is 0 Å². The molecule has 0 spiro atoms. The molecule has 1 aliphatic rings. The average Bonchev–Trinajstić information content (AvgIpc) is 3.19. The molecule has 2 aromatic heterocycles. The second-order valence-electron chi connectivity index (χ2n) is 6.40. The summed E-state index contributed by atoms with van der Waals surface area (Å²) in [7, 11) is 1.89. The van der Waals surface area contributed by atoms with Crippen molar-refractivity contribution in [2.75, 3.05) is 7.05 Å². The van der Waals surface area contributed by atoms with Crippen LogP contribution >= 0.6 is 11.3 Å². The molecule has 2 aromatic rings. The van der Waals surface area contributed by atoms with Crippen molar-refractivity contribution < 1.29 is 4.79 Å². The first-order chi connectivity index (χ1) is 11.0.